The smallest absolute Gasteiger partial charge is 0.235 e. The molecular weight excluding hydrogens is 378 g/mol. The fraction of sp³-hybridized carbons (Fsp3) is 0.400. The summed E-state index contributed by atoms with van der Waals surface area (Å²) in [5, 5.41) is 11.0. The number of phenols is 1. The van der Waals surface area contributed by atoms with Gasteiger partial charge in [-0.1, -0.05) is 6.07 Å². The van der Waals surface area contributed by atoms with E-state index in [1.165, 1.54) is 24.2 Å². The number of hydrogen-bond donors (Lipinski definition) is 2. The molecule has 158 valence electrons. The van der Waals surface area contributed by atoms with E-state index in [0.717, 1.165) is 17.7 Å². The average molecular weight is 409 g/mol. The summed E-state index contributed by atoms with van der Waals surface area (Å²) < 4.78 is 12.1. The lowest BCUT2D eigenvalue weighted by Gasteiger charge is -2.30. The number of fused-ring (bicyclic) bond motifs is 1. The summed E-state index contributed by atoms with van der Waals surface area (Å²) in [6.45, 7) is 9.68. The van der Waals surface area contributed by atoms with Crippen molar-refractivity contribution in [3.05, 3.63) is 63.0 Å². The Balaban J connectivity index is 1.77. The maximum Gasteiger partial charge on any atom is 0.235 e. The molecule has 1 aliphatic heterocycles. The van der Waals surface area contributed by atoms with Gasteiger partial charge in [0.05, 0.1) is 23.5 Å². The highest BCUT2D eigenvalue weighted by atomic mass is 16.5. The van der Waals surface area contributed by atoms with E-state index in [4.69, 9.17) is 9.15 Å². The number of nitrogens with one attached hydrogen (secondary N) is 1. The largest absolute Gasteiger partial charge is 0.507 e. The third kappa shape index (κ3) is 3.94. The minimum absolute atomic E-state index is 0.179. The van der Waals surface area contributed by atoms with E-state index in [0.29, 0.717) is 40.6 Å². The molecule has 0 saturated carbocycles. The highest BCUT2D eigenvalue weighted by Crippen LogP contribution is 2.31. The number of aromatic hydroxyl groups is 1. The molecule has 1 aliphatic rings. The zero-order valence-electron chi connectivity index (χ0n) is 18.2. The summed E-state index contributed by atoms with van der Waals surface area (Å²) in [5.74, 6) is 1.41. The Bertz CT molecular complexity index is 1130. The zero-order valence-corrected chi connectivity index (χ0v) is 18.2. The fourth-order valence-corrected chi connectivity index (χ4v) is 4.54. The summed E-state index contributed by atoms with van der Waals surface area (Å²) in [7, 11) is 0. The maximum absolute atomic E-state index is 13.3. The Kier molecular flexibility index (Phi) is 5.56. The molecule has 0 radical (unpaired) electrons. The highest BCUT2D eigenvalue weighted by molar-refractivity contribution is 5.83. The first-order valence-corrected chi connectivity index (χ1v) is 10.7. The molecule has 3 aromatic rings. The van der Waals surface area contributed by atoms with Gasteiger partial charge >= 0.3 is 0 Å². The number of aryl methyl sites for hydroxylation is 3. The van der Waals surface area contributed by atoms with Gasteiger partial charge in [0, 0.05) is 0 Å². The molecule has 1 fully saturated rings. The second kappa shape index (κ2) is 8.15. The van der Waals surface area contributed by atoms with E-state index >= 15 is 0 Å². The lowest BCUT2D eigenvalue weighted by molar-refractivity contribution is -0.941. The van der Waals surface area contributed by atoms with Gasteiger partial charge in [0.15, 0.2) is 5.58 Å². The third-order valence-corrected chi connectivity index (χ3v) is 6.16. The van der Waals surface area contributed by atoms with Crippen LogP contribution < -0.4 is 15.1 Å². The molecule has 0 spiro atoms. The molecule has 4 rings (SSSR count). The van der Waals surface area contributed by atoms with Crippen LogP contribution in [-0.4, -0.2) is 17.7 Å². The van der Waals surface area contributed by atoms with Crippen LogP contribution in [0.2, 0.25) is 0 Å². The van der Waals surface area contributed by atoms with Gasteiger partial charge in [-0.25, -0.2) is 0 Å². The first kappa shape index (κ1) is 20.5. The van der Waals surface area contributed by atoms with Crippen molar-refractivity contribution < 1.29 is 19.2 Å². The second-order valence-electron chi connectivity index (χ2n) is 8.66. The molecule has 1 saturated heterocycles. The van der Waals surface area contributed by atoms with Gasteiger partial charge in [0.25, 0.3) is 0 Å². The normalized spacial score (nSPS) is 19.2. The summed E-state index contributed by atoms with van der Waals surface area (Å²) in [6.07, 6.45) is 3.61. The van der Waals surface area contributed by atoms with Crippen LogP contribution in [0.5, 0.6) is 17.2 Å². The second-order valence-corrected chi connectivity index (χ2v) is 8.66. The zero-order chi connectivity index (χ0) is 21.4. The predicted octanol–water partition coefficient (Wildman–Crippen LogP) is 4.17. The molecular formula is C25H30NO4+. The van der Waals surface area contributed by atoms with Gasteiger partial charge in [-0.05, 0) is 82.3 Å². The van der Waals surface area contributed by atoms with Crippen LogP contribution in [0.1, 0.15) is 48.6 Å². The van der Waals surface area contributed by atoms with Gasteiger partial charge in [0.1, 0.15) is 23.8 Å². The number of quaternary nitrogens is 1. The van der Waals surface area contributed by atoms with Crippen molar-refractivity contribution in [2.75, 3.05) is 6.54 Å². The molecule has 0 bridgehead atoms. The maximum atomic E-state index is 13.3. The third-order valence-electron chi connectivity index (χ3n) is 6.16. The van der Waals surface area contributed by atoms with Crippen LogP contribution in [0.3, 0.4) is 0 Å². The van der Waals surface area contributed by atoms with Crippen LogP contribution in [-0.2, 0) is 6.54 Å². The van der Waals surface area contributed by atoms with Crippen molar-refractivity contribution >= 4 is 11.0 Å². The van der Waals surface area contributed by atoms with Gasteiger partial charge in [0.2, 0.25) is 11.2 Å². The fourth-order valence-electron chi connectivity index (χ4n) is 4.54. The molecule has 2 N–H and O–H groups in total. The predicted molar refractivity (Wildman–Crippen MR) is 118 cm³/mol. The van der Waals surface area contributed by atoms with Crippen LogP contribution in [0.25, 0.3) is 11.0 Å². The quantitative estimate of drug-likeness (QED) is 0.680. The van der Waals surface area contributed by atoms with Gasteiger partial charge in [-0.3, -0.25) is 4.79 Å². The Hall–Kier alpha value is -2.79. The van der Waals surface area contributed by atoms with Crippen molar-refractivity contribution in [2.24, 2.45) is 0 Å². The topological polar surface area (TPSA) is 64.1 Å². The molecule has 30 heavy (non-hydrogen) atoms. The van der Waals surface area contributed by atoms with Crippen LogP contribution >= 0.6 is 0 Å². The van der Waals surface area contributed by atoms with Crippen LogP contribution in [0.15, 0.2) is 39.5 Å². The first-order valence-electron chi connectivity index (χ1n) is 10.7. The van der Waals surface area contributed by atoms with Gasteiger partial charge in [-0.15, -0.1) is 0 Å². The lowest BCUT2D eigenvalue weighted by atomic mass is 10.0. The molecule has 0 aliphatic carbocycles. The highest BCUT2D eigenvalue weighted by Gasteiger charge is 2.26. The molecule has 5 heteroatoms. The van der Waals surface area contributed by atoms with E-state index in [1.54, 1.807) is 19.1 Å². The van der Waals surface area contributed by atoms with Crippen LogP contribution in [0, 0.1) is 20.8 Å². The molecule has 1 unspecified atom stereocenters. The van der Waals surface area contributed by atoms with Crippen molar-refractivity contribution in [1.82, 2.24) is 0 Å². The minimum Gasteiger partial charge on any atom is -0.507 e. The Morgan fingerprint density at radius 2 is 1.87 bits per heavy atom. The lowest BCUT2D eigenvalue weighted by Crippen LogP contribution is -3.14. The minimum atomic E-state index is -0.212. The van der Waals surface area contributed by atoms with E-state index in [2.05, 4.69) is 13.0 Å². The van der Waals surface area contributed by atoms with Crippen molar-refractivity contribution in [2.45, 2.75) is 59.5 Å². The summed E-state index contributed by atoms with van der Waals surface area (Å²) >= 11 is 0. The SMILES string of the molecule is Cc1cc(C)cc(Oc2c(C)oc3c(C[NH+]4CCCC[C@H]4C)c(O)ccc3c2=O)c1. The van der Waals surface area contributed by atoms with E-state index < -0.39 is 0 Å². The van der Waals surface area contributed by atoms with Crippen molar-refractivity contribution in [3.63, 3.8) is 0 Å². The van der Waals surface area contributed by atoms with Crippen molar-refractivity contribution in [3.8, 4) is 17.2 Å². The first-order chi connectivity index (χ1) is 14.3. The molecule has 5 nitrogen and oxygen atoms in total. The van der Waals surface area contributed by atoms with Crippen molar-refractivity contribution in [1.29, 1.82) is 0 Å². The van der Waals surface area contributed by atoms with Gasteiger partial charge in [-0.2, -0.15) is 0 Å². The summed E-state index contributed by atoms with van der Waals surface area (Å²) in [4.78, 5) is 14.7. The molecule has 2 heterocycles. The summed E-state index contributed by atoms with van der Waals surface area (Å²) in [5.41, 5.74) is 3.10. The molecule has 2 atom stereocenters. The molecule has 0 amide bonds. The average Bonchev–Trinajstić information content (AvgIpc) is 2.68. The Labute approximate surface area is 176 Å². The number of benzene rings is 2. The Morgan fingerprint density at radius 3 is 2.57 bits per heavy atom. The number of piperidine rings is 1. The number of phenolic OH excluding ortho intramolecular Hbond substituents is 1. The number of likely N-dealkylation sites (tertiary alicyclic amines) is 1. The van der Waals surface area contributed by atoms with E-state index in [1.807, 2.05) is 26.0 Å². The Morgan fingerprint density at radius 1 is 1.13 bits per heavy atom. The van der Waals surface area contributed by atoms with E-state index in [9.17, 15) is 9.90 Å². The monoisotopic (exact) mass is 408 g/mol. The van der Waals surface area contributed by atoms with Gasteiger partial charge < -0.3 is 19.2 Å². The number of hydrogen-bond acceptors (Lipinski definition) is 4. The standard InChI is InChI=1S/C25H29NO4/c1-15-11-16(2)13-19(12-15)30-24-18(4)29-25-20(23(24)28)8-9-22(27)21(25)14-26-10-6-5-7-17(26)3/h8-9,11-13,17,27H,5-7,10,14H2,1-4H3/p+1/t17-/m1/s1. The van der Waals surface area contributed by atoms with E-state index in [-0.39, 0.29) is 16.9 Å². The summed E-state index contributed by atoms with van der Waals surface area (Å²) in [6, 6.07) is 9.61. The number of rotatable bonds is 4. The molecule has 2 aromatic carbocycles. The molecule has 1 aromatic heterocycles. The van der Waals surface area contributed by atoms with Crippen LogP contribution in [0.4, 0.5) is 0 Å². The number of ether oxygens (including phenoxy) is 1.